The van der Waals surface area contributed by atoms with Gasteiger partial charge < -0.3 is 14.9 Å². The number of benzene rings is 2. The Kier molecular flexibility index (Phi) is 5.51. The molecule has 0 aliphatic carbocycles. The zero-order valence-corrected chi connectivity index (χ0v) is 17.0. The van der Waals surface area contributed by atoms with Crippen LogP contribution in [0.25, 0.3) is 0 Å². The molecule has 0 saturated carbocycles. The fourth-order valence-corrected chi connectivity index (χ4v) is 4.18. The number of anilines is 3. The molecule has 0 aromatic heterocycles. The van der Waals surface area contributed by atoms with Gasteiger partial charge in [-0.15, -0.1) is 0 Å². The number of rotatable bonds is 5. The summed E-state index contributed by atoms with van der Waals surface area (Å²) in [4.78, 5) is 16.1. The number of aryl methyl sites for hydroxylation is 1. The van der Waals surface area contributed by atoms with Gasteiger partial charge in [-0.3, -0.25) is 4.72 Å². The third-order valence-electron chi connectivity index (χ3n) is 4.83. The number of nitrogens with one attached hydrogen (secondary N) is 1. The molecular weight excluding hydrogens is 378 g/mol. The van der Waals surface area contributed by atoms with Crippen molar-refractivity contribution in [3.8, 4) is 0 Å². The molecule has 28 heavy (non-hydrogen) atoms. The number of nitrogens with zero attached hydrogens (tertiary/aromatic N) is 2. The van der Waals surface area contributed by atoms with Gasteiger partial charge in [0.15, 0.2) is 0 Å². The number of piperazine rings is 1. The lowest BCUT2D eigenvalue weighted by molar-refractivity contribution is 0.0697. The van der Waals surface area contributed by atoms with Gasteiger partial charge in [-0.2, -0.15) is 0 Å². The van der Waals surface area contributed by atoms with Crippen LogP contribution in [0.3, 0.4) is 0 Å². The number of sulfonamides is 1. The molecule has 0 radical (unpaired) electrons. The summed E-state index contributed by atoms with van der Waals surface area (Å²) in [6.07, 6.45) is 1.04. The second kappa shape index (κ2) is 7.71. The van der Waals surface area contributed by atoms with Crippen LogP contribution in [0.5, 0.6) is 0 Å². The minimum absolute atomic E-state index is 0.0878. The van der Waals surface area contributed by atoms with Crippen molar-refractivity contribution in [2.75, 3.05) is 40.4 Å². The molecule has 0 unspecified atom stereocenters. The molecule has 8 heteroatoms. The number of carbonyl (C=O) groups is 1. The van der Waals surface area contributed by atoms with Gasteiger partial charge in [0.05, 0.1) is 17.5 Å². The highest BCUT2D eigenvalue weighted by Crippen LogP contribution is 2.29. The van der Waals surface area contributed by atoms with E-state index in [4.69, 9.17) is 0 Å². The second-order valence-corrected chi connectivity index (χ2v) is 8.99. The van der Waals surface area contributed by atoms with Crippen LogP contribution in [0.4, 0.5) is 17.1 Å². The minimum Gasteiger partial charge on any atom is -0.478 e. The summed E-state index contributed by atoms with van der Waals surface area (Å²) in [5.41, 5.74) is 3.30. The lowest BCUT2D eigenvalue weighted by Crippen LogP contribution is -2.52. The maximum absolute atomic E-state index is 11.8. The maximum atomic E-state index is 11.8. The Bertz CT molecular complexity index is 991. The summed E-state index contributed by atoms with van der Waals surface area (Å²) in [6, 6.07) is 13.2. The second-order valence-electron chi connectivity index (χ2n) is 7.24. The first-order valence-electron chi connectivity index (χ1n) is 9.07. The van der Waals surface area contributed by atoms with Gasteiger partial charge in [-0.1, -0.05) is 12.1 Å². The number of hydrogen-bond acceptors (Lipinski definition) is 5. The summed E-state index contributed by atoms with van der Waals surface area (Å²) in [7, 11) is -3.47. The number of aromatic carboxylic acids is 1. The van der Waals surface area contributed by atoms with Gasteiger partial charge in [0, 0.05) is 37.1 Å². The summed E-state index contributed by atoms with van der Waals surface area (Å²) in [6.45, 7) is 6.31. The molecule has 3 rings (SSSR count). The van der Waals surface area contributed by atoms with Crippen LogP contribution in [0.2, 0.25) is 0 Å². The zero-order chi connectivity index (χ0) is 20.5. The van der Waals surface area contributed by atoms with Gasteiger partial charge in [0.2, 0.25) is 10.0 Å². The van der Waals surface area contributed by atoms with Crippen LogP contribution < -0.4 is 14.5 Å². The van der Waals surface area contributed by atoms with E-state index in [-0.39, 0.29) is 17.3 Å². The first kappa shape index (κ1) is 20.0. The smallest absolute Gasteiger partial charge is 0.337 e. The quantitative estimate of drug-likeness (QED) is 0.798. The van der Waals surface area contributed by atoms with Crippen molar-refractivity contribution in [1.29, 1.82) is 0 Å². The molecule has 1 heterocycles. The molecule has 0 amide bonds. The molecule has 1 fully saturated rings. The monoisotopic (exact) mass is 403 g/mol. The molecule has 2 aromatic rings. The third kappa shape index (κ3) is 4.56. The van der Waals surface area contributed by atoms with Crippen LogP contribution in [0, 0.1) is 6.92 Å². The van der Waals surface area contributed by atoms with Crippen LogP contribution in [0.1, 0.15) is 22.8 Å². The summed E-state index contributed by atoms with van der Waals surface area (Å²) in [5, 5.41) is 9.63. The minimum atomic E-state index is -3.47. The lowest BCUT2D eigenvalue weighted by atomic mass is 10.1. The van der Waals surface area contributed by atoms with Crippen molar-refractivity contribution in [3.63, 3.8) is 0 Å². The number of carboxylic acids is 1. The van der Waals surface area contributed by atoms with Crippen LogP contribution in [-0.4, -0.2) is 51.4 Å². The molecule has 1 aliphatic rings. The molecule has 2 aromatic carbocycles. The van der Waals surface area contributed by atoms with E-state index in [1.165, 1.54) is 17.3 Å². The summed E-state index contributed by atoms with van der Waals surface area (Å²) < 4.78 is 25.2. The highest BCUT2D eigenvalue weighted by molar-refractivity contribution is 7.92. The molecule has 1 saturated heterocycles. The van der Waals surface area contributed by atoms with E-state index in [0.717, 1.165) is 12.8 Å². The Hall–Kier alpha value is -2.74. The summed E-state index contributed by atoms with van der Waals surface area (Å²) >= 11 is 0. The van der Waals surface area contributed by atoms with E-state index in [0.29, 0.717) is 18.8 Å². The fourth-order valence-electron chi connectivity index (χ4n) is 3.63. The maximum Gasteiger partial charge on any atom is 0.337 e. The van der Waals surface area contributed by atoms with Crippen molar-refractivity contribution in [3.05, 3.63) is 53.6 Å². The average molecular weight is 404 g/mol. The SMILES string of the molecule is Cc1cccc(N2CCN(c3ccc(NS(C)(=O)=O)cc3C(=O)O)C[C@H]2C)c1. The van der Waals surface area contributed by atoms with Crippen molar-refractivity contribution in [2.24, 2.45) is 0 Å². The first-order chi connectivity index (χ1) is 13.1. The third-order valence-corrected chi connectivity index (χ3v) is 5.44. The summed E-state index contributed by atoms with van der Waals surface area (Å²) in [5.74, 6) is -1.08. The van der Waals surface area contributed by atoms with Crippen LogP contribution in [0.15, 0.2) is 42.5 Å². The average Bonchev–Trinajstić information content (AvgIpc) is 2.60. The number of carboxylic acid groups (broad SMARTS) is 1. The van der Waals surface area contributed by atoms with E-state index < -0.39 is 16.0 Å². The predicted octanol–water partition coefficient (Wildman–Crippen LogP) is 2.78. The van der Waals surface area contributed by atoms with Gasteiger partial charge in [-0.25, -0.2) is 13.2 Å². The van der Waals surface area contributed by atoms with Gasteiger partial charge in [0.25, 0.3) is 0 Å². The van der Waals surface area contributed by atoms with Crippen molar-refractivity contribution >= 4 is 33.1 Å². The molecule has 0 bridgehead atoms. The highest BCUT2D eigenvalue weighted by atomic mass is 32.2. The van der Waals surface area contributed by atoms with Crippen molar-refractivity contribution in [2.45, 2.75) is 19.9 Å². The molecular formula is C20H25N3O4S. The van der Waals surface area contributed by atoms with Crippen LogP contribution >= 0.6 is 0 Å². The van der Waals surface area contributed by atoms with Gasteiger partial charge >= 0.3 is 5.97 Å². The zero-order valence-electron chi connectivity index (χ0n) is 16.2. The largest absolute Gasteiger partial charge is 0.478 e. The molecule has 7 nitrogen and oxygen atoms in total. The van der Waals surface area contributed by atoms with Gasteiger partial charge in [0.1, 0.15) is 0 Å². The standard InChI is InChI=1S/C20H25N3O4S/c1-14-5-4-6-17(11-14)23-10-9-22(13-15(23)2)19-8-7-16(21-28(3,26)27)12-18(19)20(24)25/h4-8,11-12,15,21H,9-10,13H2,1-3H3,(H,24,25)/t15-/m1/s1. The Labute approximate surface area is 165 Å². The van der Waals surface area contributed by atoms with Crippen molar-refractivity contribution < 1.29 is 18.3 Å². The molecule has 1 aliphatic heterocycles. The topological polar surface area (TPSA) is 90.0 Å². The Morgan fingerprint density at radius 1 is 1.18 bits per heavy atom. The number of hydrogen-bond donors (Lipinski definition) is 2. The Morgan fingerprint density at radius 2 is 1.93 bits per heavy atom. The van der Waals surface area contributed by atoms with Crippen LogP contribution in [-0.2, 0) is 10.0 Å². The lowest BCUT2D eigenvalue weighted by Gasteiger charge is -2.42. The molecule has 0 spiro atoms. The highest BCUT2D eigenvalue weighted by Gasteiger charge is 2.27. The van der Waals surface area contributed by atoms with E-state index in [1.54, 1.807) is 12.1 Å². The fraction of sp³-hybridized carbons (Fsp3) is 0.350. The predicted molar refractivity (Wildman–Crippen MR) is 112 cm³/mol. The normalized spacial score (nSPS) is 17.5. The Balaban J connectivity index is 1.83. The molecule has 1 atom stereocenters. The van der Waals surface area contributed by atoms with E-state index in [2.05, 4.69) is 41.7 Å². The first-order valence-corrected chi connectivity index (χ1v) is 11.0. The van der Waals surface area contributed by atoms with Gasteiger partial charge in [-0.05, 0) is 49.7 Å². The van der Waals surface area contributed by atoms with Crippen molar-refractivity contribution in [1.82, 2.24) is 0 Å². The van der Waals surface area contributed by atoms with E-state index in [9.17, 15) is 18.3 Å². The molecule has 150 valence electrons. The van der Waals surface area contributed by atoms with E-state index >= 15 is 0 Å². The molecule has 2 N–H and O–H groups in total. The Morgan fingerprint density at radius 3 is 2.54 bits per heavy atom. The van der Waals surface area contributed by atoms with E-state index in [1.807, 2.05) is 11.0 Å².